The fourth-order valence-electron chi connectivity index (χ4n) is 7.83. The number of hydrogen-bond donors (Lipinski definition) is 1. The lowest BCUT2D eigenvalue weighted by atomic mass is 9.45. The molecule has 1 N–H and O–H groups in total. The van der Waals surface area contributed by atoms with Gasteiger partial charge in [-0.3, -0.25) is 0 Å². The number of benzene rings is 1. The number of esters is 1. The molecule has 0 spiro atoms. The smallest absolute Gasteiger partial charge is 0.339 e. The Kier molecular flexibility index (Phi) is 6.05. The lowest BCUT2D eigenvalue weighted by molar-refractivity contribution is -0.212. The van der Waals surface area contributed by atoms with Crippen molar-refractivity contribution in [3.05, 3.63) is 35.9 Å². The van der Waals surface area contributed by atoms with Gasteiger partial charge in [0, 0.05) is 5.41 Å². The van der Waals surface area contributed by atoms with Crippen molar-refractivity contribution in [2.75, 3.05) is 0 Å². The van der Waals surface area contributed by atoms with Gasteiger partial charge in [-0.15, -0.1) is 0 Å². The molecule has 31 heavy (non-hydrogen) atoms. The molecule has 172 valence electrons. The third kappa shape index (κ3) is 3.75. The highest BCUT2D eigenvalue weighted by Crippen LogP contribution is 2.62. The molecule has 1 unspecified atom stereocenters. The number of ether oxygens (including phenoxy) is 1. The average Bonchev–Trinajstić information content (AvgIpc) is 2.73. The van der Waals surface area contributed by atoms with Crippen molar-refractivity contribution in [3.63, 3.8) is 0 Å². The lowest BCUT2D eigenvalue weighted by Crippen LogP contribution is -2.62. The normalized spacial score (nSPS) is 42.1. The molecule has 0 radical (unpaired) electrons. The van der Waals surface area contributed by atoms with Gasteiger partial charge in [0.2, 0.25) is 0 Å². The SMILES string of the molecule is C[C@@H]1CCC(O)(C(=O)OCc2ccccc2)[C@@]2(C)CC[C@H]3[C@H](C)CC[C@@H](C[C@H]12)C3(C)C. The van der Waals surface area contributed by atoms with E-state index in [9.17, 15) is 9.90 Å². The van der Waals surface area contributed by atoms with Crippen LogP contribution in [-0.2, 0) is 16.1 Å². The number of hydrogen-bond acceptors (Lipinski definition) is 3. The standard InChI is InChI=1S/C28H42O3/c1-19-11-12-22-17-24-20(2)13-16-28(30,25(29)31-18-21-9-7-6-8-10-21)27(24,5)15-14-23(19)26(22,3)4/h6-10,19-20,22-24,30H,11-18H2,1-5H3/t19-,20-,22+,23+,24-,27+,28?/m1/s1. The molecule has 1 aromatic carbocycles. The maximum atomic E-state index is 13.4. The zero-order valence-electron chi connectivity index (χ0n) is 20.2. The first kappa shape index (κ1) is 22.8. The van der Waals surface area contributed by atoms with E-state index >= 15 is 0 Å². The van der Waals surface area contributed by atoms with Crippen molar-refractivity contribution in [1.29, 1.82) is 0 Å². The number of rotatable bonds is 3. The van der Waals surface area contributed by atoms with Gasteiger partial charge in [-0.05, 0) is 79.1 Å². The van der Waals surface area contributed by atoms with Crippen LogP contribution in [0.5, 0.6) is 0 Å². The van der Waals surface area contributed by atoms with Gasteiger partial charge in [-0.1, -0.05) is 71.4 Å². The predicted molar refractivity (Wildman–Crippen MR) is 124 cm³/mol. The highest BCUT2D eigenvalue weighted by molar-refractivity contribution is 5.80. The average molecular weight is 427 g/mol. The molecule has 7 atom stereocenters. The van der Waals surface area contributed by atoms with E-state index < -0.39 is 17.0 Å². The van der Waals surface area contributed by atoms with Crippen LogP contribution in [-0.4, -0.2) is 16.7 Å². The summed E-state index contributed by atoms with van der Waals surface area (Å²) in [5, 5.41) is 12.0. The van der Waals surface area contributed by atoms with E-state index in [0.29, 0.717) is 41.4 Å². The van der Waals surface area contributed by atoms with Crippen LogP contribution >= 0.6 is 0 Å². The van der Waals surface area contributed by atoms with Crippen LogP contribution in [0.15, 0.2) is 30.3 Å². The van der Waals surface area contributed by atoms with Gasteiger partial charge >= 0.3 is 5.97 Å². The number of fused-ring (bicyclic) bond motifs is 3. The second-order valence-electron chi connectivity index (χ2n) is 11.9. The molecule has 3 saturated carbocycles. The molecule has 3 nitrogen and oxygen atoms in total. The van der Waals surface area contributed by atoms with E-state index in [1.165, 1.54) is 12.8 Å². The fourth-order valence-corrected chi connectivity index (χ4v) is 7.83. The molecule has 0 aromatic heterocycles. The summed E-state index contributed by atoms with van der Waals surface area (Å²) in [5.41, 5.74) is -0.518. The van der Waals surface area contributed by atoms with Crippen LogP contribution in [0, 0.1) is 40.4 Å². The van der Waals surface area contributed by atoms with Crippen molar-refractivity contribution in [2.45, 2.75) is 91.8 Å². The highest BCUT2D eigenvalue weighted by atomic mass is 16.5. The summed E-state index contributed by atoms with van der Waals surface area (Å²) in [4.78, 5) is 13.4. The summed E-state index contributed by atoms with van der Waals surface area (Å²) in [6.45, 7) is 12.1. The zero-order chi connectivity index (χ0) is 22.4. The van der Waals surface area contributed by atoms with E-state index in [0.717, 1.165) is 31.2 Å². The highest BCUT2D eigenvalue weighted by Gasteiger charge is 2.62. The Labute approximate surface area is 189 Å². The first-order valence-corrected chi connectivity index (χ1v) is 12.5. The Morgan fingerprint density at radius 2 is 1.65 bits per heavy atom. The van der Waals surface area contributed by atoms with Crippen LogP contribution < -0.4 is 0 Å². The zero-order valence-corrected chi connectivity index (χ0v) is 20.2. The van der Waals surface area contributed by atoms with Crippen molar-refractivity contribution < 1.29 is 14.6 Å². The summed E-state index contributed by atoms with van der Waals surface area (Å²) < 4.78 is 5.76. The minimum absolute atomic E-state index is 0.230. The molecule has 4 rings (SSSR count). The summed E-state index contributed by atoms with van der Waals surface area (Å²) in [5.74, 6) is 2.52. The summed E-state index contributed by atoms with van der Waals surface area (Å²) in [6.07, 6.45) is 7.14. The second-order valence-corrected chi connectivity index (χ2v) is 11.9. The number of aliphatic hydroxyl groups is 1. The molecule has 0 amide bonds. The molecule has 3 fully saturated rings. The van der Waals surface area contributed by atoms with E-state index in [1.54, 1.807) is 0 Å². The van der Waals surface area contributed by atoms with Crippen LogP contribution in [0.25, 0.3) is 0 Å². The van der Waals surface area contributed by atoms with Crippen LogP contribution in [0.1, 0.15) is 85.1 Å². The van der Waals surface area contributed by atoms with Crippen LogP contribution in [0.3, 0.4) is 0 Å². The molecular weight excluding hydrogens is 384 g/mol. The van der Waals surface area contributed by atoms with Crippen molar-refractivity contribution >= 4 is 5.97 Å². The van der Waals surface area contributed by atoms with Crippen LogP contribution in [0.2, 0.25) is 0 Å². The van der Waals surface area contributed by atoms with E-state index in [1.807, 2.05) is 30.3 Å². The summed E-state index contributed by atoms with van der Waals surface area (Å²) in [7, 11) is 0. The minimum atomic E-state index is -1.39. The number of carbonyl (C=O) groups excluding carboxylic acids is 1. The van der Waals surface area contributed by atoms with Gasteiger partial charge < -0.3 is 9.84 Å². The monoisotopic (exact) mass is 426 g/mol. The maximum absolute atomic E-state index is 13.4. The Balaban J connectivity index is 1.62. The Morgan fingerprint density at radius 3 is 2.35 bits per heavy atom. The summed E-state index contributed by atoms with van der Waals surface area (Å²) in [6, 6.07) is 9.79. The van der Waals surface area contributed by atoms with Crippen molar-refractivity contribution in [1.82, 2.24) is 0 Å². The molecule has 0 heterocycles. The first-order valence-electron chi connectivity index (χ1n) is 12.5. The summed E-state index contributed by atoms with van der Waals surface area (Å²) >= 11 is 0. The van der Waals surface area contributed by atoms with Gasteiger partial charge in [-0.2, -0.15) is 0 Å². The van der Waals surface area contributed by atoms with Gasteiger partial charge in [0.25, 0.3) is 0 Å². The van der Waals surface area contributed by atoms with Crippen LogP contribution in [0.4, 0.5) is 0 Å². The first-order chi connectivity index (χ1) is 14.6. The lowest BCUT2D eigenvalue weighted by Gasteiger charge is -2.60. The molecule has 1 aromatic rings. The molecule has 0 aliphatic heterocycles. The molecule has 3 aliphatic carbocycles. The van der Waals surface area contributed by atoms with E-state index in [2.05, 4.69) is 34.6 Å². The van der Waals surface area contributed by atoms with Gasteiger partial charge in [0.1, 0.15) is 6.61 Å². The molecule has 2 bridgehead atoms. The second kappa shape index (κ2) is 8.21. The topological polar surface area (TPSA) is 46.5 Å². The fraction of sp³-hybridized carbons (Fsp3) is 0.750. The van der Waals surface area contributed by atoms with Gasteiger partial charge in [0.15, 0.2) is 5.60 Å². The van der Waals surface area contributed by atoms with E-state index in [4.69, 9.17) is 4.74 Å². The quantitative estimate of drug-likeness (QED) is 0.570. The third-order valence-corrected chi connectivity index (χ3v) is 10.1. The molecular formula is C28H42O3. The Bertz CT molecular complexity index is 787. The largest absolute Gasteiger partial charge is 0.459 e. The van der Waals surface area contributed by atoms with Gasteiger partial charge in [-0.25, -0.2) is 4.79 Å². The van der Waals surface area contributed by atoms with Crippen molar-refractivity contribution in [3.8, 4) is 0 Å². The molecule has 0 saturated heterocycles. The van der Waals surface area contributed by atoms with Crippen molar-refractivity contribution in [2.24, 2.45) is 40.4 Å². The Hall–Kier alpha value is -1.35. The predicted octanol–water partition coefficient (Wildman–Crippen LogP) is 6.39. The van der Waals surface area contributed by atoms with Gasteiger partial charge in [0.05, 0.1) is 0 Å². The Morgan fingerprint density at radius 1 is 0.968 bits per heavy atom. The minimum Gasteiger partial charge on any atom is -0.459 e. The third-order valence-electron chi connectivity index (χ3n) is 10.1. The molecule has 3 aliphatic rings. The maximum Gasteiger partial charge on any atom is 0.339 e. The molecule has 3 heteroatoms. The van der Waals surface area contributed by atoms with E-state index in [-0.39, 0.29) is 6.61 Å². The number of carbonyl (C=O) groups is 1.